The fourth-order valence-electron chi connectivity index (χ4n) is 5.75. The van der Waals surface area contributed by atoms with Crippen LogP contribution < -0.4 is 10.0 Å². The van der Waals surface area contributed by atoms with Gasteiger partial charge in [0.25, 0.3) is 5.91 Å². The third-order valence-corrected chi connectivity index (χ3v) is 8.27. The number of carbonyl (C=O) groups is 2. The van der Waals surface area contributed by atoms with Crippen molar-refractivity contribution in [3.8, 4) is 0 Å². The molecule has 0 bridgehead atoms. The van der Waals surface area contributed by atoms with Crippen molar-refractivity contribution in [3.05, 3.63) is 47.5 Å². The maximum atomic E-state index is 14.6. The van der Waals surface area contributed by atoms with E-state index in [0.717, 1.165) is 37.8 Å². The minimum Gasteiger partial charge on any atom is -0.444 e. The van der Waals surface area contributed by atoms with E-state index in [4.69, 9.17) is 4.74 Å². The number of nitrogens with one attached hydrogen (secondary N) is 2. The first-order chi connectivity index (χ1) is 20.1. The van der Waals surface area contributed by atoms with Gasteiger partial charge in [0.15, 0.2) is 0 Å². The van der Waals surface area contributed by atoms with E-state index in [-0.39, 0.29) is 28.0 Å². The molecular weight excluding hydrogens is 577 g/mol. The van der Waals surface area contributed by atoms with Gasteiger partial charge in [0, 0.05) is 41.7 Å². The zero-order valence-electron chi connectivity index (χ0n) is 28.4. The van der Waals surface area contributed by atoms with Gasteiger partial charge in [0.05, 0.1) is 5.56 Å². The zero-order valence-corrected chi connectivity index (χ0v) is 29.2. The van der Waals surface area contributed by atoms with Crippen LogP contribution in [-0.4, -0.2) is 51.1 Å². The number of anilines is 1. The molecule has 2 unspecified atom stereocenters. The number of halogens is 1. The minimum atomic E-state index is -0.788. The predicted octanol–water partition coefficient (Wildman–Crippen LogP) is 8.24. The molecule has 44 heavy (non-hydrogen) atoms. The van der Waals surface area contributed by atoms with Crippen molar-refractivity contribution in [1.82, 2.24) is 19.6 Å². The second-order valence-electron chi connectivity index (χ2n) is 15.9. The van der Waals surface area contributed by atoms with E-state index in [1.807, 2.05) is 58.6 Å². The fourth-order valence-corrected chi connectivity index (χ4v) is 6.35. The van der Waals surface area contributed by atoms with E-state index in [9.17, 15) is 14.0 Å². The molecular formula is C34H52FN5O3S. The third kappa shape index (κ3) is 10.6. The molecule has 1 fully saturated rings. The number of aromatic nitrogens is 2. The summed E-state index contributed by atoms with van der Waals surface area (Å²) in [4.78, 5) is 36.2. The molecule has 1 aliphatic rings. The Morgan fingerprint density at radius 3 is 2.34 bits per heavy atom. The van der Waals surface area contributed by atoms with Gasteiger partial charge in [-0.25, -0.2) is 14.8 Å². The minimum absolute atomic E-state index is 0.106. The summed E-state index contributed by atoms with van der Waals surface area (Å²) < 4.78 is 23.0. The normalized spacial score (nSPS) is 17.7. The Morgan fingerprint density at radius 1 is 1.07 bits per heavy atom. The monoisotopic (exact) mass is 629 g/mol. The molecule has 0 aliphatic carbocycles. The first-order valence-corrected chi connectivity index (χ1v) is 16.3. The Kier molecular flexibility index (Phi) is 11.0. The van der Waals surface area contributed by atoms with E-state index < -0.39 is 17.5 Å². The van der Waals surface area contributed by atoms with Gasteiger partial charge in [-0.2, -0.15) is 4.39 Å². The maximum absolute atomic E-state index is 14.6. The molecule has 1 saturated heterocycles. The Bertz CT molecular complexity index is 1310. The van der Waals surface area contributed by atoms with Gasteiger partial charge in [0.1, 0.15) is 16.4 Å². The molecule has 0 radical (unpaired) electrons. The van der Waals surface area contributed by atoms with E-state index in [1.54, 1.807) is 12.1 Å². The molecule has 244 valence electrons. The molecule has 10 heteroatoms. The summed E-state index contributed by atoms with van der Waals surface area (Å²) in [5.41, 5.74) is -0.500. The number of hydrogen-bond donors (Lipinski definition) is 2. The predicted molar refractivity (Wildman–Crippen MR) is 176 cm³/mol. The number of nitrogens with zero attached hydrogens (tertiary/aromatic N) is 3. The molecule has 0 spiro atoms. The van der Waals surface area contributed by atoms with Crippen LogP contribution in [0.25, 0.3) is 0 Å². The number of hydrogen-bond acceptors (Lipinski definition) is 7. The summed E-state index contributed by atoms with van der Waals surface area (Å²) in [7, 11) is 0. The van der Waals surface area contributed by atoms with Crippen LogP contribution in [0.1, 0.15) is 111 Å². The first-order valence-electron chi connectivity index (χ1n) is 15.5. The molecule has 3 rings (SSSR count). The highest BCUT2D eigenvalue weighted by molar-refractivity contribution is 7.97. The lowest BCUT2D eigenvalue weighted by molar-refractivity contribution is 0.0130. The van der Waals surface area contributed by atoms with Gasteiger partial charge in [-0.15, -0.1) is 0 Å². The van der Waals surface area contributed by atoms with Gasteiger partial charge in [-0.3, -0.25) is 9.52 Å². The quantitative estimate of drug-likeness (QED) is 0.213. The number of amides is 2. The van der Waals surface area contributed by atoms with Gasteiger partial charge in [-0.05, 0) is 95.4 Å². The van der Waals surface area contributed by atoms with Crippen LogP contribution in [0, 0.1) is 23.2 Å². The number of carbonyl (C=O) groups excluding carboxylic acids is 2. The Morgan fingerprint density at radius 2 is 1.75 bits per heavy atom. The van der Waals surface area contributed by atoms with Crippen molar-refractivity contribution in [2.45, 2.75) is 117 Å². The molecule has 0 aromatic carbocycles. The highest BCUT2D eigenvalue weighted by atomic mass is 32.2. The van der Waals surface area contributed by atoms with E-state index in [0.29, 0.717) is 34.9 Å². The summed E-state index contributed by atoms with van der Waals surface area (Å²) in [5, 5.41) is 4.09. The SMILES string of the molecule is CC(C)(C)CC(CNc1cccc(SNC(=O)c2ccc(C(C)(C)C)nc2F)n1)CC1CN(C(=O)OC(C)(C)C)C(C)(C)C1. The van der Waals surface area contributed by atoms with E-state index in [2.05, 4.69) is 54.6 Å². The summed E-state index contributed by atoms with van der Waals surface area (Å²) in [6, 6.07) is 8.73. The lowest BCUT2D eigenvalue weighted by Crippen LogP contribution is -2.45. The van der Waals surface area contributed by atoms with Crippen molar-refractivity contribution >= 4 is 29.8 Å². The van der Waals surface area contributed by atoms with Crippen molar-refractivity contribution < 1.29 is 18.7 Å². The van der Waals surface area contributed by atoms with Crippen LogP contribution in [-0.2, 0) is 10.2 Å². The third-order valence-electron chi connectivity index (χ3n) is 7.55. The maximum Gasteiger partial charge on any atom is 0.410 e. The highest BCUT2D eigenvalue weighted by Gasteiger charge is 2.43. The second-order valence-corrected chi connectivity index (χ2v) is 16.7. The summed E-state index contributed by atoms with van der Waals surface area (Å²) >= 11 is 1.04. The first kappa shape index (κ1) is 35.6. The molecule has 3 heterocycles. The second kappa shape index (κ2) is 13.6. The van der Waals surface area contributed by atoms with Crippen molar-refractivity contribution in [3.63, 3.8) is 0 Å². The lowest BCUT2D eigenvalue weighted by Gasteiger charge is -2.33. The van der Waals surface area contributed by atoms with Crippen LogP contribution >= 0.6 is 11.9 Å². The molecule has 2 aromatic rings. The molecule has 2 atom stereocenters. The number of rotatable bonds is 9. The Labute approximate surface area is 267 Å². The van der Waals surface area contributed by atoms with Crippen LogP contribution in [0.2, 0.25) is 0 Å². The largest absolute Gasteiger partial charge is 0.444 e. The zero-order chi connectivity index (χ0) is 33.1. The fraction of sp³-hybridized carbons (Fsp3) is 0.647. The summed E-state index contributed by atoms with van der Waals surface area (Å²) in [6.45, 7) is 23.9. The standard InChI is InChI=1S/C34H52FN5O3S/c1-31(2,3)18-22(17-23-19-34(10,11)40(21-23)30(42)43-33(7,8)9)20-36-26-13-12-14-27(38-26)44-39-29(41)24-15-16-25(32(4,5)6)37-28(24)35/h12-16,22-23H,17-21H2,1-11H3,(H,36,38)(H,39,41). The van der Waals surface area contributed by atoms with Crippen LogP contribution in [0.15, 0.2) is 35.4 Å². The molecule has 8 nitrogen and oxygen atoms in total. The van der Waals surface area contributed by atoms with E-state index >= 15 is 0 Å². The van der Waals surface area contributed by atoms with Gasteiger partial charge < -0.3 is 15.0 Å². The molecule has 2 aromatic heterocycles. The topological polar surface area (TPSA) is 96.5 Å². The summed E-state index contributed by atoms with van der Waals surface area (Å²) in [5.74, 6) is 0.0740. The molecule has 0 saturated carbocycles. The number of pyridine rings is 2. The van der Waals surface area contributed by atoms with Gasteiger partial charge >= 0.3 is 6.09 Å². The molecule has 2 amide bonds. The van der Waals surface area contributed by atoms with Gasteiger partial charge in [-0.1, -0.05) is 47.6 Å². The average molecular weight is 630 g/mol. The summed E-state index contributed by atoms with van der Waals surface area (Å²) in [6.07, 6.45) is 2.67. The van der Waals surface area contributed by atoms with Crippen LogP contribution in [0.4, 0.5) is 15.0 Å². The molecule has 2 N–H and O–H groups in total. The number of ether oxygens (including phenoxy) is 1. The lowest BCUT2D eigenvalue weighted by atomic mass is 9.79. The van der Waals surface area contributed by atoms with Crippen molar-refractivity contribution in [1.29, 1.82) is 0 Å². The van der Waals surface area contributed by atoms with Gasteiger partial charge in [0.2, 0.25) is 5.95 Å². The van der Waals surface area contributed by atoms with Crippen molar-refractivity contribution in [2.75, 3.05) is 18.4 Å². The van der Waals surface area contributed by atoms with Crippen LogP contribution in [0.5, 0.6) is 0 Å². The highest BCUT2D eigenvalue weighted by Crippen LogP contribution is 2.39. The molecule has 1 aliphatic heterocycles. The Balaban J connectivity index is 1.62. The van der Waals surface area contributed by atoms with E-state index in [1.165, 1.54) is 6.07 Å². The Hall–Kier alpha value is -2.88. The van der Waals surface area contributed by atoms with Crippen molar-refractivity contribution in [2.24, 2.45) is 17.3 Å². The smallest absolute Gasteiger partial charge is 0.410 e. The van der Waals surface area contributed by atoms with Crippen LogP contribution in [0.3, 0.4) is 0 Å². The average Bonchev–Trinajstić information content (AvgIpc) is 3.17. The number of likely N-dealkylation sites (tertiary alicyclic amines) is 1.